The number of hydrogen-bond donors (Lipinski definition) is 1. The molecule has 1 heterocycles. The minimum Gasteiger partial charge on any atom is -0.301 e. The highest BCUT2D eigenvalue weighted by Crippen LogP contribution is 2.17. The number of nitrogens with one attached hydrogen (secondary N) is 1. The van der Waals surface area contributed by atoms with Gasteiger partial charge in [0, 0.05) is 6.54 Å². The van der Waals surface area contributed by atoms with Gasteiger partial charge in [0.15, 0.2) is 0 Å². The molecule has 0 radical (unpaired) electrons. The van der Waals surface area contributed by atoms with Crippen LogP contribution in [0.1, 0.15) is 23.1 Å². The van der Waals surface area contributed by atoms with Crippen molar-refractivity contribution in [3.05, 3.63) is 71.3 Å². The highest BCUT2D eigenvalue weighted by Gasteiger charge is 2.37. The Morgan fingerprint density at radius 3 is 2.39 bits per heavy atom. The zero-order chi connectivity index (χ0) is 16.2. The highest BCUT2D eigenvalue weighted by atomic mass is 16.2. The third kappa shape index (κ3) is 3.66. The minimum atomic E-state index is -0.424. The van der Waals surface area contributed by atoms with Gasteiger partial charge in [0.25, 0.3) is 0 Å². The monoisotopic (exact) mass is 308 g/mol. The number of imide groups is 1. The minimum absolute atomic E-state index is 0.111. The molecule has 2 aromatic carbocycles. The number of aryl methyl sites for hydroxylation is 1. The zero-order valence-electron chi connectivity index (χ0n) is 13.2. The summed E-state index contributed by atoms with van der Waals surface area (Å²) >= 11 is 0. The van der Waals surface area contributed by atoms with Crippen LogP contribution in [0.2, 0.25) is 0 Å². The predicted molar refractivity (Wildman–Crippen MR) is 88.4 cm³/mol. The van der Waals surface area contributed by atoms with E-state index in [4.69, 9.17) is 0 Å². The number of benzene rings is 2. The van der Waals surface area contributed by atoms with Crippen molar-refractivity contribution in [1.82, 2.24) is 10.2 Å². The molecule has 1 atom stereocenters. The van der Waals surface area contributed by atoms with E-state index in [0.29, 0.717) is 13.1 Å². The van der Waals surface area contributed by atoms with Crippen molar-refractivity contribution in [2.24, 2.45) is 0 Å². The van der Waals surface area contributed by atoms with Crippen molar-refractivity contribution < 1.29 is 9.59 Å². The first-order valence-corrected chi connectivity index (χ1v) is 7.80. The molecule has 118 valence electrons. The lowest BCUT2D eigenvalue weighted by Gasteiger charge is -2.15. The van der Waals surface area contributed by atoms with Crippen molar-refractivity contribution in [3.63, 3.8) is 0 Å². The first kappa shape index (κ1) is 15.4. The molecule has 4 nitrogen and oxygen atoms in total. The van der Waals surface area contributed by atoms with E-state index < -0.39 is 6.04 Å². The smallest absolute Gasteiger partial charge is 0.247 e. The van der Waals surface area contributed by atoms with E-state index in [-0.39, 0.29) is 18.2 Å². The van der Waals surface area contributed by atoms with Crippen LogP contribution >= 0.6 is 0 Å². The first-order chi connectivity index (χ1) is 11.1. The molecular formula is C19H20N2O2. The first-order valence-electron chi connectivity index (χ1n) is 7.80. The predicted octanol–water partition coefficient (Wildman–Crippen LogP) is 2.41. The van der Waals surface area contributed by atoms with E-state index in [0.717, 1.165) is 11.1 Å². The molecule has 1 unspecified atom stereocenters. The Kier molecular flexibility index (Phi) is 4.53. The fourth-order valence-corrected chi connectivity index (χ4v) is 2.72. The molecule has 1 fully saturated rings. The molecule has 0 bridgehead atoms. The summed E-state index contributed by atoms with van der Waals surface area (Å²) in [6, 6.07) is 17.3. The van der Waals surface area contributed by atoms with E-state index in [9.17, 15) is 9.59 Å². The van der Waals surface area contributed by atoms with Crippen molar-refractivity contribution in [1.29, 1.82) is 0 Å². The molecule has 4 heteroatoms. The number of hydrogen-bond acceptors (Lipinski definition) is 3. The van der Waals surface area contributed by atoms with Gasteiger partial charge in [-0.3, -0.25) is 14.5 Å². The van der Waals surface area contributed by atoms with E-state index in [1.165, 1.54) is 10.5 Å². The molecule has 1 saturated heterocycles. The summed E-state index contributed by atoms with van der Waals surface area (Å²) in [6.45, 7) is 2.97. The summed E-state index contributed by atoms with van der Waals surface area (Å²) in [5.41, 5.74) is 3.28. The van der Waals surface area contributed by atoms with E-state index >= 15 is 0 Å². The molecule has 2 amide bonds. The number of rotatable bonds is 5. The molecule has 2 aromatic rings. The third-order valence-electron chi connectivity index (χ3n) is 4.10. The van der Waals surface area contributed by atoms with Gasteiger partial charge in [-0.05, 0) is 18.1 Å². The zero-order valence-corrected chi connectivity index (χ0v) is 13.2. The fraction of sp³-hybridized carbons (Fsp3) is 0.263. The van der Waals surface area contributed by atoms with Crippen molar-refractivity contribution in [2.75, 3.05) is 0 Å². The summed E-state index contributed by atoms with van der Waals surface area (Å²) in [4.78, 5) is 25.9. The number of likely N-dealkylation sites (tertiary alicyclic amines) is 1. The second-order valence-corrected chi connectivity index (χ2v) is 5.93. The Balaban J connectivity index is 1.60. The van der Waals surface area contributed by atoms with Gasteiger partial charge in [0.1, 0.15) is 0 Å². The van der Waals surface area contributed by atoms with Gasteiger partial charge in [0.2, 0.25) is 11.8 Å². The summed E-state index contributed by atoms with van der Waals surface area (Å²) in [5.74, 6) is -0.244. The van der Waals surface area contributed by atoms with Gasteiger partial charge in [-0.1, -0.05) is 60.2 Å². The lowest BCUT2D eigenvalue weighted by Crippen LogP contribution is -2.38. The largest absolute Gasteiger partial charge is 0.301 e. The van der Waals surface area contributed by atoms with E-state index in [2.05, 4.69) is 5.32 Å². The van der Waals surface area contributed by atoms with Gasteiger partial charge < -0.3 is 5.32 Å². The molecule has 1 N–H and O–H groups in total. The maximum absolute atomic E-state index is 12.4. The Hall–Kier alpha value is -2.46. The van der Waals surface area contributed by atoms with Gasteiger partial charge in [0.05, 0.1) is 19.0 Å². The Labute approximate surface area is 136 Å². The highest BCUT2D eigenvalue weighted by molar-refractivity contribution is 6.05. The number of nitrogens with zero attached hydrogens (tertiary/aromatic N) is 1. The number of carbonyl (C=O) groups is 2. The van der Waals surface area contributed by atoms with Crippen LogP contribution in [0.25, 0.3) is 0 Å². The van der Waals surface area contributed by atoms with Crippen LogP contribution in [0.4, 0.5) is 0 Å². The van der Waals surface area contributed by atoms with Crippen molar-refractivity contribution >= 4 is 11.8 Å². The van der Waals surface area contributed by atoms with E-state index in [1.807, 2.05) is 61.5 Å². The average molecular weight is 308 g/mol. The van der Waals surface area contributed by atoms with Crippen LogP contribution in [0.3, 0.4) is 0 Å². The molecule has 0 aliphatic carbocycles. The van der Waals surface area contributed by atoms with Crippen molar-refractivity contribution in [3.8, 4) is 0 Å². The Morgan fingerprint density at radius 2 is 1.70 bits per heavy atom. The second-order valence-electron chi connectivity index (χ2n) is 5.93. The molecule has 0 spiro atoms. The van der Waals surface area contributed by atoms with E-state index in [1.54, 1.807) is 0 Å². The van der Waals surface area contributed by atoms with Crippen molar-refractivity contribution in [2.45, 2.75) is 32.5 Å². The number of carbonyl (C=O) groups excluding carboxylic acids is 2. The topological polar surface area (TPSA) is 49.4 Å². The molecule has 1 aliphatic heterocycles. The maximum atomic E-state index is 12.4. The Morgan fingerprint density at radius 1 is 1.00 bits per heavy atom. The van der Waals surface area contributed by atoms with Crippen LogP contribution in [-0.2, 0) is 22.7 Å². The van der Waals surface area contributed by atoms with Gasteiger partial charge in [-0.25, -0.2) is 0 Å². The molecule has 0 aromatic heterocycles. The summed E-state index contributed by atoms with van der Waals surface area (Å²) in [6.07, 6.45) is 0.234. The third-order valence-corrected chi connectivity index (χ3v) is 4.10. The Bertz CT molecular complexity index is 695. The SMILES string of the molecule is Cc1ccc(CNC2CC(=O)N(Cc3ccccc3)C2=O)cc1. The summed E-state index contributed by atoms with van der Waals surface area (Å²) in [7, 11) is 0. The normalized spacial score (nSPS) is 17.8. The quantitative estimate of drug-likeness (QED) is 0.863. The van der Waals surface area contributed by atoms with Gasteiger partial charge >= 0.3 is 0 Å². The maximum Gasteiger partial charge on any atom is 0.247 e. The lowest BCUT2D eigenvalue weighted by molar-refractivity contribution is -0.139. The standard InChI is InChI=1S/C19H20N2O2/c1-14-7-9-15(10-8-14)12-20-17-11-18(22)21(19(17)23)13-16-5-3-2-4-6-16/h2-10,17,20H,11-13H2,1H3. The molecule has 1 aliphatic rings. The molecule has 0 saturated carbocycles. The van der Waals surface area contributed by atoms with Gasteiger partial charge in [-0.2, -0.15) is 0 Å². The summed E-state index contributed by atoms with van der Waals surface area (Å²) < 4.78 is 0. The molecule has 3 rings (SSSR count). The van der Waals surface area contributed by atoms with Gasteiger partial charge in [-0.15, -0.1) is 0 Å². The molecule has 23 heavy (non-hydrogen) atoms. The molecular weight excluding hydrogens is 288 g/mol. The van der Waals surface area contributed by atoms with Crippen LogP contribution in [0.15, 0.2) is 54.6 Å². The second kappa shape index (κ2) is 6.75. The number of amides is 2. The average Bonchev–Trinajstić information content (AvgIpc) is 2.83. The van der Waals surface area contributed by atoms with Crippen LogP contribution in [-0.4, -0.2) is 22.8 Å². The fourth-order valence-electron chi connectivity index (χ4n) is 2.72. The summed E-state index contributed by atoms with van der Waals surface area (Å²) in [5, 5.41) is 3.20. The lowest BCUT2D eigenvalue weighted by atomic mass is 10.1. The van der Waals surface area contributed by atoms with Crippen LogP contribution in [0, 0.1) is 6.92 Å². The van der Waals surface area contributed by atoms with Crippen LogP contribution < -0.4 is 5.32 Å². The van der Waals surface area contributed by atoms with Crippen LogP contribution in [0.5, 0.6) is 0 Å².